The van der Waals surface area contributed by atoms with Crippen molar-refractivity contribution >= 4 is 27.7 Å². The molecule has 0 spiro atoms. The average Bonchev–Trinajstić information content (AvgIpc) is 3.10. The summed E-state index contributed by atoms with van der Waals surface area (Å²) in [5.41, 5.74) is 2.85. The zero-order valence-electron chi connectivity index (χ0n) is 17.0. The van der Waals surface area contributed by atoms with E-state index >= 15 is 0 Å². The molecule has 30 heavy (non-hydrogen) atoms. The van der Waals surface area contributed by atoms with Crippen LogP contribution in [0.5, 0.6) is 0 Å². The summed E-state index contributed by atoms with van der Waals surface area (Å²) >= 11 is 0. The second kappa shape index (κ2) is 7.44. The van der Waals surface area contributed by atoms with Crippen molar-refractivity contribution in [1.29, 1.82) is 0 Å². The van der Waals surface area contributed by atoms with Gasteiger partial charge in [-0.15, -0.1) is 0 Å². The van der Waals surface area contributed by atoms with Gasteiger partial charge in [-0.2, -0.15) is 0 Å². The topological polar surface area (TPSA) is 60.1 Å². The van der Waals surface area contributed by atoms with Crippen molar-refractivity contribution in [3.8, 4) is 0 Å². The Morgan fingerprint density at radius 3 is 2.73 bits per heavy atom. The summed E-state index contributed by atoms with van der Waals surface area (Å²) in [6.07, 6.45) is 5.80. The average molecular weight is 400 g/mol. The van der Waals surface area contributed by atoms with Gasteiger partial charge < -0.3 is 9.47 Å². The maximum absolute atomic E-state index is 13.1. The molecule has 3 heterocycles. The van der Waals surface area contributed by atoms with E-state index in [4.69, 9.17) is 0 Å². The van der Waals surface area contributed by atoms with E-state index in [1.807, 2.05) is 54.5 Å². The predicted molar refractivity (Wildman–Crippen MR) is 117 cm³/mol. The molecule has 6 heteroatoms. The van der Waals surface area contributed by atoms with Gasteiger partial charge in [-0.3, -0.25) is 14.2 Å². The SMILES string of the molecule is Cn1cc(CC(=O)N2CCCC(n3cnc4ccccc4c3=O)C2)c2ccccc21. The minimum Gasteiger partial charge on any atom is -0.350 e. The van der Waals surface area contributed by atoms with Crippen molar-refractivity contribution in [2.24, 2.45) is 7.05 Å². The molecule has 6 nitrogen and oxygen atoms in total. The minimum atomic E-state index is -0.0418. The number of piperidine rings is 1. The second-order valence-electron chi connectivity index (χ2n) is 8.07. The van der Waals surface area contributed by atoms with Crippen molar-refractivity contribution < 1.29 is 4.79 Å². The van der Waals surface area contributed by atoms with Gasteiger partial charge in [-0.1, -0.05) is 30.3 Å². The molecule has 1 saturated heterocycles. The van der Waals surface area contributed by atoms with Gasteiger partial charge in [-0.05, 0) is 36.6 Å². The molecule has 0 N–H and O–H groups in total. The third-order valence-corrected chi connectivity index (χ3v) is 6.15. The van der Waals surface area contributed by atoms with E-state index in [9.17, 15) is 9.59 Å². The van der Waals surface area contributed by atoms with Gasteiger partial charge in [0.1, 0.15) is 0 Å². The highest BCUT2D eigenvalue weighted by molar-refractivity contribution is 5.89. The Morgan fingerprint density at radius 1 is 1.10 bits per heavy atom. The predicted octanol–water partition coefficient (Wildman–Crippen LogP) is 3.29. The highest BCUT2D eigenvalue weighted by atomic mass is 16.2. The molecule has 0 saturated carbocycles. The fourth-order valence-corrected chi connectivity index (χ4v) is 4.59. The monoisotopic (exact) mass is 400 g/mol. The molecular formula is C24H24N4O2. The van der Waals surface area contributed by atoms with Crippen LogP contribution in [0, 0.1) is 0 Å². The summed E-state index contributed by atoms with van der Waals surface area (Å²) in [5, 5.41) is 1.75. The Hall–Kier alpha value is -3.41. The van der Waals surface area contributed by atoms with Crippen LogP contribution in [-0.2, 0) is 18.3 Å². The molecule has 5 rings (SSSR count). The fourth-order valence-electron chi connectivity index (χ4n) is 4.59. The maximum atomic E-state index is 13.1. The summed E-state index contributed by atoms with van der Waals surface area (Å²) in [7, 11) is 2.01. The van der Waals surface area contributed by atoms with Gasteiger partial charge in [0, 0.05) is 37.2 Å². The first-order chi connectivity index (χ1) is 14.6. The molecule has 1 unspecified atom stereocenters. The first kappa shape index (κ1) is 18.6. The standard InChI is InChI=1S/C24H24N4O2/c1-26-14-17(19-8-3-5-11-22(19)26)13-23(29)27-12-6-7-18(15-27)28-16-25-21-10-4-2-9-20(21)24(28)30/h2-5,8-11,14,16,18H,6-7,12-13,15H2,1H3. The molecule has 152 valence electrons. The molecule has 0 bridgehead atoms. The fraction of sp³-hybridized carbons (Fsp3) is 0.292. The second-order valence-corrected chi connectivity index (χ2v) is 8.07. The van der Waals surface area contributed by atoms with Gasteiger partial charge >= 0.3 is 0 Å². The number of amides is 1. The van der Waals surface area contributed by atoms with Crippen LogP contribution >= 0.6 is 0 Å². The Labute approximate surface area is 174 Å². The molecule has 1 atom stereocenters. The van der Waals surface area contributed by atoms with Crippen LogP contribution in [-0.4, -0.2) is 38.0 Å². The van der Waals surface area contributed by atoms with Crippen LogP contribution in [0.3, 0.4) is 0 Å². The highest BCUT2D eigenvalue weighted by Crippen LogP contribution is 2.24. The minimum absolute atomic E-state index is 0.0334. The van der Waals surface area contributed by atoms with E-state index in [2.05, 4.69) is 21.7 Å². The van der Waals surface area contributed by atoms with Crippen molar-refractivity contribution in [1.82, 2.24) is 19.0 Å². The number of hydrogen-bond donors (Lipinski definition) is 0. The normalized spacial score (nSPS) is 17.0. The number of aromatic nitrogens is 3. The molecule has 1 aliphatic heterocycles. The summed E-state index contributed by atoms with van der Waals surface area (Å²) < 4.78 is 3.77. The molecular weight excluding hydrogens is 376 g/mol. The molecule has 2 aromatic carbocycles. The number of likely N-dealkylation sites (tertiary alicyclic amines) is 1. The number of carbonyl (C=O) groups excluding carboxylic acids is 1. The lowest BCUT2D eigenvalue weighted by atomic mass is 10.0. The smallest absolute Gasteiger partial charge is 0.261 e. The number of benzene rings is 2. The van der Waals surface area contributed by atoms with Gasteiger partial charge in [-0.25, -0.2) is 4.98 Å². The lowest BCUT2D eigenvalue weighted by Gasteiger charge is -2.33. The Balaban J connectivity index is 1.38. The number of fused-ring (bicyclic) bond motifs is 2. The van der Waals surface area contributed by atoms with E-state index in [0.29, 0.717) is 23.9 Å². The molecule has 1 amide bonds. The maximum Gasteiger partial charge on any atom is 0.261 e. The van der Waals surface area contributed by atoms with Crippen LogP contribution in [0.25, 0.3) is 21.8 Å². The Morgan fingerprint density at radius 2 is 1.87 bits per heavy atom. The summed E-state index contributed by atoms with van der Waals surface area (Å²) in [6.45, 7) is 1.28. The lowest BCUT2D eigenvalue weighted by molar-refractivity contribution is -0.132. The first-order valence-corrected chi connectivity index (χ1v) is 10.4. The molecule has 1 fully saturated rings. The largest absolute Gasteiger partial charge is 0.350 e. The molecule has 4 aromatic rings. The number of para-hydroxylation sites is 2. The van der Waals surface area contributed by atoms with Gasteiger partial charge in [0.25, 0.3) is 5.56 Å². The number of hydrogen-bond acceptors (Lipinski definition) is 3. The van der Waals surface area contributed by atoms with Crippen LogP contribution in [0.2, 0.25) is 0 Å². The molecule has 2 aromatic heterocycles. The van der Waals surface area contributed by atoms with E-state index in [0.717, 1.165) is 35.9 Å². The summed E-state index contributed by atoms with van der Waals surface area (Å²) in [5.74, 6) is 0.109. The lowest BCUT2D eigenvalue weighted by Crippen LogP contribution is -2.43. The summed E-state index contributed by atoms with van der Waals surface area (Å²) in [6, 6.07) is 15.5. The third kappa shape index (κ3) is 3.18. The van der Waals surface area contributed by atoms with Gasteiger partial charge in [0.2, 0.25) is 5.91 Å². The first-order valence-electron chi connectivity index (χ1n) is 10.4. The quantitative estimate of drug-likeness (QED) is 0.530. The highest BCUT2D eigenvalue weighted by Gasteiger charge is 2.26. The van der Waals surface area contributed by atoms with Crippen LogP contribution < -0.4 is 5.56 Å². The van der Waals surface area contributed by atoms with Crippen LogP contribution in [0.4, 0.5) is 0 Å². The zero-order valence-corrected chi connectivity index (χ0v) is 17.0. The van der Waals surface area contributed by atoms with E-state index in [-0.39, 0.29) is 17.5 Å². The zero-order chi connectivity index (χ0) is 20.7. The number of carbonyl (C=O) groups is 1. The molecule has 0 aliphatic carbocycles. The third-order valence-electron chi connectivity index (χ3n) is 6.15. The van der Waals surface area contributed by atoms with Crippen LogP contribution in [0.1, 0.15) is 24.4 Å². The van der Waals surface area contributed by atoms with E-state index < -0.39 is 0 Å². The van der Waals surface area contributed by atoms with Gasteiger partial charge in [0.15, 0.2) is 0 Å². The Bertz CT molecular complexity index is 1300. The van der Waals surface area contributed by atoms with E-state index in [1.165, 1.54) is 0 Å². The van der Waals surface area contributed by atoms with Crippen molar-refractivity contribution in [2.45, 2.75) is 25.3 Å². The molecule has 1 aliphatic rings. The number of nitrogens with zero attached hydrogens (tertiary/aromatic N) is 4. The van der Waals surface area contributed by atoms with Gasteiger partial charge in [0.05, 0.1) is 29.7 Å². The van der Waals surface area contributed by atoms with E-state index in [1.54, 1.807) is 10.9 Å². The Kier molecular flexibility index (Phi) is 4.62. The van der Waals surface area contributed by atoms with Crippen LogP contribution in [0.15, 0.2) is 65.8 Å². The molecule has 0 radical (unpaired) electrons. The summed E-state index contributed by atoms with van der Waals surface area (Å²) in [4.78, 5) is 32.4. The number of rotatable bonds is 3. The van der Waals surface area contributed by atoms with Crippen molar-refractivity contribution in [2.75, 3.05) is 13.1 Å². The number of aryl methyl sites for hydroxylation is 1. The van der Waals surface area contributed by atoms with Crippen molar-refractivity contribution in [3.63, 3.8) is 0 Å². The van der Waals surface area contributed by atoms with Crippen molar-refractivity contribution in [3.05, 3.63) is 77.0 Å².